The first-order chi connectivity index (χ1) is 10.8. The van der Waals surface area contributed by atoms with Crippen LogP contribution in [0, 0.1) is 5.82 Å². The van der Waals surface area contributed by atoms with Crippen molar-refractivity contribution in [1.29, 1.82) is 0 Å². The summed E-state index contributed by atoms with van der Waals surface area (Å²) in [7, 11) is 1.57. The van der Waals surface area contributed by atoms with Crippen LogP contribution in [0.3, 0.4) is 0 Å². The number of anilines is 1. The van der Waals surface area contributed by atoms with Gasteiger partial charge in [0.2, 0.25) is 5.91 Å². The highest BCUT2D eigenvalue weighted by molar-refractivity contribution is 5.93. The third-order valence-corrected chi connectivity index (χ3v) is 3.62. The Labute approximate surface area is 136 Å². The number of hydrogen-bond acceptors (Lipinski definition) is 2. The van der Waals surface area contributed by atoms with Gasteiger partial charge in [-0.15, -0.1) is 0 Å². The number of rotatable bonds is 4. The molecule has 2 aromatic rings. The number of ether oxygens (including phenoxy) is 1. The summed E-state index contributed by atoms with van der Waals surface area (Å²) < 4.78 is 18.2. The fourth-order valence-corrected chi connectivity index (χ4v) is 2.25. The van der Waals surface area contributed by atoms with Crippen LogP contribution in [0.5, 0.6) is 5.75 Å². The molecule has 0 unspecified atom stereocenters. The van der Waals surface area contributed by atoms with Crippen LogP contribution in [0.2, 0.25) is 0 Å². The van der Waals surface area contributed by atoms with Crippen LogP contribution in [-0.4, -0.2) is 13.0 Å². The first-order valence-electron chi connectivity index (χ1n) is 7.52. The molecular formula is C19H22FNO2. The maximum absolute atomic E-state index is 12.9. The first-order valence-corrected chi connectivity index (χ1v) is 7.52. The number of halogens is 1. The third-order valence-electron chi connectivity index (χ3n) is 3.62. The Morgan fingerprint density at radius 3 is 2.35 bits per heavy atom. The van der Waals surface area contributed by atoms with Crippen LogP contribution in [0.15, 0.2) is 42.5 Å². The first kappa shape index (κ1) is 17.0. The molecule has 0 saturated carbocycles. The zero-order valence-electron chi connectivity index (χ0n) is 13.9. The molecule has 0 aliphatic rings. The van der Waals surface area contributed by atoms with Gasteiger partial charge in [-0.2, -0.15) is 0 Å². The Bertz CT molecular complexity index is 688. The van der Waals surface area contributed by atoms with Gasteiger partial charge in [-0.05, 0) is 40.8 Å². The molecule has 0 aromatic heterocycles. The van der Waals surface area contributed by atoms with E-state index < -0.39 is 0 Å². The lowest BCUT2D eigenvalue weighted by Gasteiger charge is -2.21. The molecule has 122 valence electrons. The number of hydrogen-bond donors (Lipinski definition) is 1. The zero-order valence-corrected chi connectivity index (χ0v) is 13.9. The highest BCUT2D eigenvalue weighted by Gasteiger charge is 2.17. The molecule has 0 heterocycles. The number of carbonyl (C=O) groups excluding carboxylic acids is 1. The van der Waals surface area contributed by atoms with Crippen molar-refractivity contribution in [3.05, 3.63) is 59.4 Å². The molecule has 1 amide bonds. The van der Waals surface area contributed by atoms with E-state index in [4.69, 9.17) is 4.74 Å². The van der Waals surface area contributed by atoms with Crippen LogP contribution in [0.1, 0.15) is 31.9 Å². The summed E-state index contributed by atoms with van der Waals surface area (Å²) in [6, 6.07) is 11.7. The van der Waals surface area contributed by atoms with E-state index in [9.17, 15) is 9.18 Å². The third kappa shape index (κ3) is 4.55. The summed E-state index contributed by atoms with van der Waals surface area (Å²) in [5.74, 6) is 0.139. The summed E-state index contributed by atoms with van der Waals surface area (Å²) in [4.78, 5) is 12.2. The van der Waals surface area contributed by atoms with Gasteiger partial charge in [-0.3, -0.25) is 4.79 Å². The number of amides is 1. The molecule has 0 bridgehead atoms. The molecule has 2 aromatic carbocycles. The predicted octanol–water partition coefficient (Wildman–Crippen LogP) is 4.31. The van der Waals surface area contributed by atoms with Gasteiger partial charge >= 0.3 is 0 Å². The highest BCUT2D eigenvalue weighted by atomic mass is 19.1. The molecule has 2 rings (SSSR count). The Morgan fingerprint density at radius 2 is 1.78 bits per heavy atom. The molecular weight excluding hydrogens is 293 g/mol. The largest absolute Gasteiger partial charge is 0.495 e. The zero-order chi connectivity index (χ0) is 17.0. The van der Waals surface area contributed by atoms with E-state index >= 15 is 0 Å². The van der Waals surface area contributed by atoms with Gasteiger partial charge in [0, 0.05) is 0 Å². The molecule has 0 atom stereocenters. The lowest BCUT2D eigenvalue weighted by molar-refractivity contribution is -0.115. The number of benzene rings is 2. The van der Waals surface area contributed by atoms with Crippen LogP contribution < -0.4 is 10.1 Å². The number of methoxy groups -OCH3 is 1. The summed E-state index contributed by atoms with van der Waals surface area (Å²) in [5, 5.41) is 2.88. The molecule has 0 fully saturated rings. The lowest BCUT2D eigenvalue weighted by Crippen LogP contribution is -2.17. The van der Waals surface area contributed by atoms with Crippen LogP contribution in [0.25, 0.3) is 0 Å². The lowest BCUT2D eigenvalue weighted by atomic mass is 9.87. The number of carbonyl (C=O) groups is 1. The molecule has 0 aliphatic carbocycles. The van der Waals surface area contributed by atoms with Gasteiger partial charge in [-0.1, -0.05) is 39.0 Å². The van der Waals surface area contributed by atoms with E-state index in [0.29, 0.717) is 11.4 Å². The average Bonchev–Trinajstić information content (AvgIpc) is 2.48. The fraction of sp³-hybridized carbons (Fsp3) is 0.316. The topological polar surface area (TPSA) is 38.3 Å². The van der Waals surface area contributed by atoms with E-state index in [1.165, 1.54) is 12.1 Å². The standard InChI is InChI=1S/C19H22FNO2/c1-19(2,3)14-7-10-17(23-4)16(12-14)21-18(22)11-13-5-8-15(20)9-6-13/h5-10,12H,11H2,1-4H3,(H,21,22). The van der Waals surface area contributed by atoms with Crippen molar-refractivity contribution >= 4 is 11.6 Å². The van der Waals surface area contributed by atoms with Gasteiger partial charge in [0.1, 0.15) is 11.6 Å². The van der Waals surface area contributed by atoms with Gasteiger partial charge in [0.05, 0.1) is 19.2 Å². The SMILES string of the molecule is COc1ccc(C(C)(C)C)cc1NC(=O)Cc1ccc(F)cc1. The van der Waals surface area contributed by atoms with Crippen molar-refractivity contribution in [3.63, 3.8) is 0 Å². The molecule has 0 aliphatic heterocycles. The Balaban J connectivity index is 2.17. The van der Waals surface area contributed by atoms with Gasteiger partial charge in [0.15, 0.2) is 0 Å². The van der Waals surface area contributed by atoms with Crippen molar-refractivity contribution < 1.29 is 13.9 Å². The normalized spacial score (nSPS) is 11.2. The quantitative estimate of drug-likeness (QED) is 0.913. The minimum atomic E-state index is -0.311. The Kier molecular flexibility index (Phi) is 5.04. The molecule has 0 spiro atoms. The maximum Gasteiger partial charge on any atom is 0.228 e. The van der Waals surface area contributed by atoms with E-state index in [1.54, 1.807) is 19.2 Å². The van der Waals surface area contributed by atoms with E-state index in [1.807, 2.05) is 18.2 Å². The summed E-state index contributed by atoms with van der Waals surface area (Å²) in [5.41, 5.74) is 2.49. The van der Waals surface area contributed by atoms with Crippen molar-refractivity contribution in [3.8, 4) is 5.75 Å². The van der Waals surface area contributed by atoms with Crippen LogP contribution in [-0.2, 0) is 16.6 Å². The van der Waals surface area contributed by atoms with Crippen molar-refractivity contribution in [2.45, 2.75) is 32.6 Å². The van der Waals surface area contributed by atoms with Crippen LogP contribution in [0.4, 0.5) is 10.1 Å². The molecule has 3 nitrogen and oxygen atoms in total. The highest BCUT2D eigenvalue weighted by Crippen LogP contribution is 2.31. The van der Waals surface area contributed by atoms with Gasteiger partial charge in [-0.25, -0.2) is 4.39 Å². The summed E-state index contributed by atoms with van der Waals surface area (Å²) in [6.07, 6.45) is 0.184. The van der Waals surface area contributed by atoms with E-state index in [2.05, 4.69) is 26.1 Å². The minimum absolute atomic E-state index is 0.0251. The second-order valence-electron chi connectivity index (χ2n) is 6.52. The van der Waals surface area contributed by atoms with Crippen molar-refractivity contribution in [1.82, 2.24) is 0 Å². The van der Waals surface area contributed by atoms with Crippen molar-refractivity contribution in [2.75, 3.05) is 12.4 Å². The molecule has 23 heavy (non-hydrogen) atoms. The molecule has 1 N–H and O–H groups in total. The fourth-order valence-electron chi connectivity index (χ4n) is 2.25. The molecule has 4 heteroatoms. The van der Waals surface area contributed by atoms with E-state index in [0.717, 1.165) is 11.1 Å². The number of nitrogens with one attached hydrogen (secondary N) is 1. The van der Waals surface area contributed by atoms with Crippen molar-refractivity contribution in [2.24, 2.45) is 0 Å². The Morgan fingerprint density at radius 1 is 1.13 bits per heavy atom. The maximum atomic E-state index is 12.9. The summed E-state index contributed by atoms with van der Waals surface area (Å²) >= 11 is 0. The smallest absolute Gasteiger partial charge is 0.228 e. The second-order valence-corrected chi connectivity index (χ2v) is 6.52. The molecule has 0 saturated heterocycles. The summed E-state index contributed by atoms with van der Waals surface area (Å²) in [6.45, 7) is 6.33. The average molecular weight is 315 g/mol. The Hall–Kier alpha value is -2.36. The van der Waals surface area contributed by atoms with Gasteiger partial charge < -0.3 is 10.1 Å². The monoisotopic (exact) mass is 315 g/mol. The van der Waals surface area contributed by atoms with E-state index in [-0.39, 0.29) is 23.6 Å². The predicted molar refractivity (Wildman–Crippen MR) is 90.4 cm³/mol. The van der Waals surface area contributed by atoms with Crippen LogP contribution >= 0.6 is 0 Å². The molecule has 0 radical (unpaired) electrons. The van der Waals surface area contributed by atoms with Gasteiger partial charge in [0.25, 0.3) is 0 Å². The second kappa shape index (κ2) is 6.82. The minimum Gasteiger partial charge on any atom is -0.495 e.